The summed E-state index contributed by atoms with van der Waals surface area (Å²) < 4.78 is 0. The van der Waals surface area contributed by atoms with Gasteiger partial charge in [-0.3, -0.25) is 0 Å². The summed E-state index contributed by atoms with van der Waals surface area (Å²) in [4.78, 5) is 0. The normalized spacial score (nSPS) is 23.6. The maximum Gasteiger partial charge on any atom is -0.0523 e. The second-order valence-corrected chi connectivity index (χ2v) is 2.65. The second-order valence-electron chi connectivity index (χ2n) is 2.32. The van der Waals surface area contributed by atoms with Gasteiger partial charge >= 0.3 is 0 Å². The smallest absolute Gasteiger partial charge is 0.0523 e. The summed E-state index contributed by atoms with van der Waals surface area (Å²) in [5, 5.41) is 0. The van der Waals surface area contributed by atoms with E-state index in [9.17, 15) is 0 Å². The first kappa shape index (κ1) is 5.49. The molecule has 0 aliphatic heterocycles. The molecule has 1 fully saturated rings. The van der Waals surface area contributed by atoms with Crippen molar-refractivity contribution < 1.29 is 0 Å². The van der Waals surface area contributed by atoms with Crippen molar-refractivity contribution >= 4 is 12.6 Å². The molecule has 0 aromatic carbocycles. The van der Waals surface area contributed by atoms with E-state index in [4.69, 9.17) is 12.6 Å². The highest BCUT2D eigenvalue weighted by Gasteiger charge is 2.08. The molecule has 0 unspecified atom stereocenters. The zero-order chi connectivity index (χ0) is 5.11. The van der Waals surface area contributed by atoms with Crippen LogP contribution in [0, 0.1) is 5.92 Å². The molecule has 1 rings (SSSR count). The summed E-state index contributed by atoms with van der Waals surface area (Å²) in [6.45, 7) is 0. The number of hydrogen-bond donors (Lipinski definition) is 0. The lowest BCUT2D eigenvalue weighted by Gasteiger charge is -2.09. The van der Waals surface area contributed by atoms with Crippen LogP contribution in [0.5, 0.6) is 0 Å². The second kappa shape index (κ2) is 2.61. The molecule has 0 aromatic heterocycles. The molecule has 0 spiro atoms. The third-order valence-corrected chi connectivity index (χ3v) is 2.18. The Balaban J connectivity index is 2.14. The van der Waals surface area contributed by atoms with Gasteiger partial charge in [0.15, 0.2) is 0 Å². The lowest BCUT2D eigenvalue weighted by atomic mass is 10.1. The van der Waals surface area contributed by atoms with E-state index >= 15 is 0 Å². The van der Waals surface area contributed by atoms with Crippen molar-refractivity contribution in [2.45, 2.75) is 25.7 Å². The highest BCUT2D eigenvalue weighted by molar-refractivity contribution is 7.58. The van der Waals surface area contributed by atoms with Crippen molar-refractivity contribution in [2.75, 3.05) is 5.75 Å². The van der Waals surface area contributed by atoms with Crippen LogP contribution in [0.25, 0.3) is 0 Å². The van der Waals surface area contributed by atoms with E-state index in [-0.39, 0.29) is 0 Å². The lowest BCUT2D eigenvalue weighted by Crippen LogP contribution is -1.95. The van der Waals surface area contributed by atoms with E-state index in [0.29, 0.717) is 0 Å². The largest absolute Gasteiger partial charge is 0.792 e. The zero-order valence-corrected chi connectivity index (χ0v) is 5.34. The van der Waals surface area contributed by atoms with Gasteiger partial charge in [-0.1, -0.05) is 31.6 Å². The zero-order valence-electron chi connectivity index (χ0n) is 4.52. The van der Waals surface area contributed by atoms with Crippen LogP contribution < -0.4 is 0 Å². The Labute approximate surface area is 50.7 Å². The summed E-state index contributed by atoms with van der Waals surface area (Å²) in [5.74, 6) is 1.91. The van der Waals surface area contributed by atoms with E-state index < -0.39 is 0 Å². The maximum absolute atomic E-state index is 4.91. The monoisotopic (exact) mass is 115 g/mol. The molecule has 0 aromatic rings. The Morgan fingerprint density at radius 2 is 1.86 bits per heavy atom. The number of rotatable bonds is 1. The molecule has 0 atom stereocenters. The molecule has 0 radical (unpaired) electrons. The molecule has 7 heavy (non-hydrogen) atoms. The quantitative estimate of drug-likeness (QED) is 0.469. The average molecular weight is 115 g/mol. The molecule has 1 aliphatic carbocycles. The van der Waals surface area contributed by atoms with Crippen LogP contribution in [-0.4, -0.2) is 5.75 Å². The van der Waals surface area contributed by atoms with E-state index in [0.717, 1.165) is 11.7 Å². The van der Waals surface area contributed by atoms with Gasteiger partial charge in [-0.15, -0.1) is 0 Å². The van der Waals surface area contributed by atoms with Crippen LogP contribution in [0.3, 0.4) is 0 Å². The first-order chi connectivity index (χ1) is 3.43. The van der Waals surface area contributed by atoms with Gasteiger partial charge in [-0.05, 0) is 0 Å². The fraction of sp³-hybridized carbons (Fsp3) is 1.00. The Bertz CT molecular complexity index is 46.1. The van der Waals surface area contributed by atoms with Crippen LogP contribution in [0.1, 0.15) is 25.7 Å². The fourth-order valence-corrected chi connectivity index (χ4v) is 1.51. The summed E-state index contributed by atoms with van der Waals surface area (Å²) in [6, 6.07) is 0. The average Bonchev–Trinajstić information content (AvgIpc) is 2.14. The standard InChI is InChI=1S/C6H12S/c7-5-6-3-1-2-4-6/h6-7H,1-5H2/p-1. The summed E-state index contributed by atoms with van der Waals surface area (Å²) in [6.07, 6.45) is 5.68. The molecular weight excluding hydrogens is 104 g/mol. The molecule has 0 saturated heterocycles. The van der Waals surface area contributed by atoms with E-state index in [2.05, 4.69) is 0 Å². The molecule has 0 N–H and O–H groups in total. The lowest BCUT2D eigenvalue weighted by molar-refractivity contribution is 0.624. The van der Waals surface area contributed by atoms with Crippen molar-refractivity contribution in [3.05, 3.63) is 0 Å². The summed E-state index contributed by atoms with van der Waals surface area (Å²) >= 11 is 4.91. The molecular formula is C6H11S-. The van der Waals surface area contributed by atoms with Crippen molar-refractivity contribution in [1.82, 2.24) is 0 Å². The summed E-state index contributed by atoms with van der Waals surface area (Å²) in [5.41, 5.74) is 0. The number of hydrogen-bond acceptors (Lipinski definition) is 1. The van der Waals surface area contributed by atoms with Crippen molar-refractivity contribution in [1.29, 1.82) is 0 Å². The van der Waals surface area contributed by atoms with Gasteiger partial charge in [0.2, 0.25) is 0 Å². The van der Waals surface area contributed by atoms with Crippen molar-refractivity contribution in [3.63, 3.8) is 0 Å². The fourth-order valence-electron chi connectivity index (χ4n) is 1.18. The predicted molar refractivity (Wildman–Crippen MR) is 34.2 cm³/mol. The molecule has 0 heterocycles. The van der Waals surface area contributed by atoms with Gasteiger partial charge in [0.25, 0.3) is 0 Å². The summed E-state index contributed by atoms with van der Waals surface area (Å²) in [7, 11) is 0. The molecule has 0 bridgehead atoms. The van der Waals surface area contributed by atoms with Crippen molar-refractivity contribution in [3.8, 4) is 0 Å². The first-order valence-electron chi connectivity index (χ1n) is 3.01. The molecule has 0 amide bonds. The molecule has 1 saturated carbocycles. The predicted octanol–water partition coefficient (Wildman–Crippen LogP) is 1.72. The third kappa shape index (κ3) is 1.37. The Hall–Kier alpha value is 0.350. The van der Waals surface area contributed by atoms with Crippen LogP contribution in [0.15, 0.2) is 0 Å². The molecule has 0 nitrogen and oxygen atoms in total. The Morgan fingerprint density at radius 1 is 1.29 bits per heavy atom. The van der Waals surface area contributed by atoms with Gasteiger partial charge in [0.05, 0.1) is 0 Å². The minimum absolute atomic E-state index is 0.912. The van der Waals surface area contributed by atoms with E-state index in [1.54, 1.807) is 0 Å². The van der Waals surface area contributed by atoms with E-state index in [1.807, 2.05) is 0 Å². The highest BCUT2D eigenvalue weighted by atomic mass is 32.1. The Kier molecular flexibility index (Phi) is 2.04. The van der Waals surface area contributed by atoms with Crippen LogP contribution >= 0.6 is 0 Å². The van der Waals surface area contributed by atoms with Gasteiger partial charge in [0, 0.05) is 0 Å². The van der Waals surface area contributed by atoms with E-state index in [1.165, 1.54) is 25.7 Å². The van der Waals surface area contributed by atoms with Crippen LogP contribution in [0.2, 0.25) is 0 Å². The van der Waals surface area contributed by atoms with Crippen LogP contribution in [-0.2, 0) is 12.6 Å². The highest BCUT2D eigenvalue weighted by Crippen LogP contribution is 2.23. The van der Waals surface area contributed by atoms with Gasteiger partial charge in [0.1, 0.15) is 0 Å². The minimum Gasteiger partial charge on any atom is -0.792 e. The van der Waals surface area contributed by atoms with Gasteiger partial charge in [-0.2, -0.15) is 5.75 Å². The maximum atomic E-state index is 4.91. The van der Waals surface area contributed by atoms with Crippen molar-refractivity contribution in [2.24, 2.45) is 5.92 Å². The molecule has 42 valence electrons. The molecule has 1 aliphatic rings. The van der Waals surface area contributed by atoms with Crippen LogP contribution in [0.4, 0.5) is 0 Å². The van der Waals surface area contributed by atoms with Gasteiger partial charge in [-0.25, -0.2) is 0 Å². The minimum atomic E-state index is 0.912. The Morgan fingerprint density at radius 3 is 2.14 bits per heavy atom. The first-order valence-corrected chi connectivity index (χ1v) is 3.59. The molecule has 1 heteroatoms. The van der Waals surface area contributed by atoms with Gasteiger partial charge < -0.3 is 12.6 Å². The topological polar surface area (TPSA) is 0 Å². The SMILES string of the molecule is [S-]CC1CCCC1. The third-order valence-electron chi connectivity index (χ3n) is 1.71.